The Kier molecular flexibility index (Phi) is 4.89. The van der Waals surface area contributed by atoms with Crippen molar-refractivity contribution in [3.63, 3.8) is 0 Å². The van der Waals surface area contributed by atoms with E-state index in [9.17, 15) is 4.79 Å². The summed E-state index contributed by atoms with van der Waals surface area (Å²) in [7, 11) is 3.17. The average Bonchev–Trinajstić information content (AvgIpc) is 3.03. The van der Waals surface area contributed by atoms with Gasteiger partial charge in [0.15, 0.2) is 11.5 Å². The molecule has 1 amide bonds. The molecule has 1 aliphatic heterocycles. The second-order valence-corrected chi connectivity index (χ2v) is 5.72. The van der Waals surface area contributed by atoms with E-state index in [0.717, 1.165) is 16.9 Å². The van der Waals surface area contributed by atoms with Crippen molar-refractivity contribution < 1.29 is 19.0 Å². The second-order valence-electron chi connectivity index (χ2n) is 5.72. The van der Waals surface area contributed by atoms with E-state index in [1.165, 1.54) is 0 Å². The summed E-state index contributed by atoms with van der Waals surface area (Å²) in [5.74, 6) is 2.38. The predicted octanol–water partition coefficient (Wildman–Crippen LogP) is 2.54. The van der Waals surface area contributed by atoms with Gasteiger partial charge in [0.2, 0.25) is 5.91 Å². The molecule has 2 aromatic rings. The van der Waals surface area contributed by atoms with E-state index < -0.39 is 0 Å². The number of hydrogen-bond acceptors (Lipinski definition) is 4. The van der Waals surface area contributed by atoms with Crippen LogP contribution in [-0.2, 0) is 11.2 Å². The summed E-state index contributed by atoms with van der Waals surface area (Å²) >= 11 is 0. The molecule has 3 rings (SSSR count). The van der Waals surface area contributed by atoms with Crippen molar-refractivity contribution in [2.75, 3.05) is 27.4 Å². The van der Waals surface area contributed by atoms with Gasteiger partial charge in [0, 0.05) is 18.0 Å². The lowest BCUT2D eigenvalue weighted by Crippen LogP contribution is -2.30. The standard InChI is InChI=1S/C19H21NO4/c1-22-17-8-7-13(9-18(17)23-2)10-19(21)20-11-14-12-24-16-6-4-3-5-15(14)16/h3-9,14H,10-12H2,1-2H3,(H,20,21). The van der Waals surface area contributed by atoms with Gasteiger partial charge < -0.3 is 19.5 Å². The maximum Gasteiger partial charge on any atom is 0.224 e. The van der Waals surface area contributed by atoms with Crippen LogP contribution in [-0.4, -0.2) is 33.3 Å². The second kappa shape index (κ2) is 7.25. The van der Waals surface area contributed by atoms with E-state index >= 15 is 0 Å². The molecule has 2 aromatic carbocycles. The van der Waals surface area contributed by atoms with Gasteiger partial charge in [-0.2, -0.15) is 0 Å². The Morgan fingerprint density at radius 1 is 1.17 bits per heavy atom. The summed E-state index contributed by atoms with van der Waals surface area (Å²) in [6, 6.07) is 13.5. The highest BCUT2D eigenvalue weighted by atomic mass is 16.5. The summed E-state index contributed by atoms with van der Waals surface area (Å²) in [4.78, 5) is 12.2. The van der Waals surface area contributed by atoms with Gasteiger partial charge in [0.1, 0.15) is 5.75 Å². The molecule has 0 saturated heterocycles. The Hall–Kier alpha value is -2.69. The van der Waals surface area contributed by atoms with Gasteiger partial charge in [-0.05, 0) is 23.8 Å². The van der Waals surface area contributed by atoms with Crippen LogP contribution in [0, 0.1) is 0 Å². The Morgan fingerprint density at radius 2 is 1.96 bits per heavy atom. The number of rotatable bonds is 6. The number of para-hydroxylation sites is 1. The van der Waals surface area contributed by atoms with Crippen molar-refractivity contribution in [2.24, 2.45) is 0 Å². The van der Waals surface area contributed by atoms with E-state index in [1.54, 1.807) is 14.2 Å². The average molecular weight is 327 g/mol. The maximum absolute atomic E-state index is 12.2. The van der Waals surface area contributed by atoms with Gasteiger partial charge in [-0.1, -0.05) is 24.3 Å². The predicted molar refractivity (Wildman–Crippen MR) is 90.9 cm³/mol. The largest absolute Gasteiger partial charge is 0.493 e. The van der Waals surface area contributed by atoms with Crippen molar-refractivity contribution in [1.82, 2.24) is 5.32 Å². The lowest BCUT2D eigenvalue weighted by atomic mass is 10.0. The fraction of sp³-hybridized carbons (Fsp3) is 0.316. The molecule has 0 spiro atoms. The molecule has 24 heavy (non-hydrogen) atoms. The third-order valence-corrected chi connectivity index (χ3v) is 4.16. The van der Waals surface area contributed by atoms with Crippen LogP contribution in [0.2, 0.25) is 0 Å². The van der Waals surface area contributed by atoms with Crippen LogP contribution < -0.4 is 19.5 Å². The Morgan fingerprint density at radius 3 is 2.75 bits per heavy atom. The molecule has 0 fully saturated rings. The molecule has 126 valence electrons. The fourth-order valence-electron chi connectivity index (χ4n) is 2.87. The Labute approximate surface area is 141 Å². The number of amides is 1. The first kappa shape index (κ1) is 16.2. The lowest BCUT2D eigenvalue weighted by molar-refractivity contribution is -0.120. The smallest absolute Gasteiger partial charge is 0.224 e. The van der Waals surface area contributed by atoms with Gasteiger partial charge >= 0.3 is 0 Å². The summed E-state index contributed by atoms with van der Waals surface area (Å²) in [5.41, 5.74) is 2.04. The molecule has 1 aliphatic rings. The molecule has 1 heterocycles. The molecule has 0 aliphatic carbocycles. The number of carbonyl (C=O) groups is 1. The fourth-order valence-corrected chi connectivity index (χ4v) is 2.87. The zero-order valence-electron chi connectivity index (χ0n) is 13.9. The molecule has 1 N–H and O–H groups in total. The number of nitrogens with one attached hydrogen (secondary N) is 1. The van der Waals surface area contributed by atoms with E-state index in [-0.39, 0.29) is 11.8 Å². The number of benzene rings is 2. The zero-order valence-corrected chi connectivity index (χ0v) is 13.9. The topological polar surface area (TPSA) is 56.8 Å². The molecule has 1 atom stereocenters. The first-order chi connectivity index (χ1) is 11.7. The first-order valence-corrected chi connectivity index (χ1v) is 7.90. The van der Waals surface area contributed by atoms with Crippen molar-refractivity contribution >= 4 is 5.91 Å². The van der Waals surface area contributed by atoms with Crippen LogP contribution in [0.1, 0.15) is 17.0 Å². The molecular weight excluding hydrogens is 306 g/mol. The highest BCUT2D eigenvalue weighted by Gasteiger charge is 2.23. The molecule has 1 unspecified atom stereocenters. The Balaban J connectivity index is 1.57. The van der Waals surface area contributed by atoms with Crippen molar-refractivity contribution in [2.45, 2.75) is 12.3 Å². The summed E-state index contributed by atoms with van der Waals surface area (Å²) in [5, 5.41) is 2.99. The molecule has 0 aromatic heterocycles. The van der Waals surface area contributed by atoms with Crippen LogP contribution in [0.4, 0.5) is 0 Å². The number of carbonyl (C=O) groups excluding carboxylic acids is 1. The molecule has 0 bridgehead atoms. The number of ether oxygens (including phenoxy) is 3. The monoisotopic (exact) mass is 327 g/mol. The highest BCUT2D eigenvalue weighted by molar-refractivity contribution is 5.78. The SMILES string of the molecule is COc1ccc(CC(=O)NCC2COc3ccccc32)cc1OC. The van der Waals surface area contributed by atoms with Crippen LogP contribution in [0.25, 0.3) is 0 Å². The minimum Gasteiger partial charge on any atom is -0.493 e. The number of fused-ring (bicyclic) bond motifs is 1. The third-order valence-electron chi connectivity index (χ3n) is 4.16. The minimum atomic E-state index is -0.0217. The van der Waals surface area contributed by atoms with Gasteiger partial charge in [-0.25, -0.2) is 0 Å². The van der Waals surface area contributed by atoms with Crippen LogP contribution >= 0.6 is 0 Å². The molecule has 0 radical (unpaired) electrons. The number of hydrogen-bond donors (Lipinski definition) is 1. The van der Waals surface area contributed by atoms with E-state index in [2.05, 4.69) is 5.32 Å². The van der Waals surface area contributed by atoms with Gasteiger partial charge in [-0.15, -0.1) is 0 Å². The zero-order chi connectivity index (χ0) is 16.9. The highest BCUT2D eigenvalue weighted by Crippen LogP contribution is 2.33. The van der Waals surface area contributed by atoms with Gasteiger partial charge in [-0.3, -0.25) is 4.79 Å². The molecule has 0 saturated carbocycles. The van der Waals surface area contributed by atoms with Gasteiger partial charge in [0.05, 0.1) is 27.2 Å². The minimum absolute atomic E-state index is 0.0217. The quantitative estimate of drug-likeness (QED) is 0.886. The van der Waals surface area contributed by atoms with Crippen LogP contribution in [0.3, 0.4) is 0 Å². The third kappa shape index (κ3) is 3.45. The van der Waals surface area contributed by atoms with Crippen LogP contribution in [0.15, 0.2) is 42.5 Å². The summed E-state index contributed by atoms with van der Waals surface area (Å²) < 4.78 is 16.1. The van der Waals surface area contributed by atoms with E-state index in [1.807, 2.05) is 42.5 Å². The Bertz CT molecular complexity index is 729. The van der Waals surface area contributed by atoms with Crippen LogP contribution in [0.5, 0.6) is 17.2 Å². The first-order valence-electron chi connectivity index (χ1n) is 7.90. The summed E-state index contributed by atoms with van der Waals surface area (Å²) in [6.45, 7) is 1.18. The van der Waals surface area contributed by atoms with E-state index in [0.29, 0.717) is 31.1 Å². The molecular formula is C19H21NO4. The maximum atomic E-state index is 12.2. The summed E-state index contributed by atoms with van der Waals surface area (Å²) in [6.07, 6.45) is 0.301. The molecule has 5 heteroatoms. The lowest BCUT2D eigenvalue weighted by Gasteiger charge is -2.12. The van der Waals surface area contributed by atoms with Crippen molar-refractivity contribution in [1.29, 1.82) is 0 Å². The molecule has 5 nitrogen and oxygen atoms in total. The number of methoxy groups -OCH3 is 2. The van der Waals surface area contributed by atoms with Crippen molar-refractivity contribution in [3.05, 3.63) is 53.6 Å². The van der Waals surface area contributed by atoms with E-state index in [4.69, 9.17) is 14.2 Å². The van der Waals surface area contributed by atoms with Gasteiger partial charge in [0.25, 0.3) is 0 Å². The van der Waals surface area contributed by atoms with Crippen molar-refractivity contribution in [3.8, 4) is 17.2 Å². The normalized spacial score (nSPS) is 15.3.